The second kappa shape index (κ2) is 8.37. The van der Waals surface area contributed by atoms with Crippen LogP contribution in [0.2, 0.25) is 0 Å². The van der Waals surface area contributed by atoms with Gasteiger partial charge in [0.25, 0.3) is 0 Å². The van der Waals surface area contributed by atoms with E-state index in [1.165, 1.54) is 11.3 Å². The highest BCUT2D eigenvalue weighted by Gasteiger charge is 2.17. The lowest BCUT2D eigenvalue weighted by Crippen LogP contribution is -2.22. The molecule has 0 spiro atoms. The predicted molar refractivity (Wildman–Crippen MR) is 74.4 cm³/mol. The summed E-state index contributed by atoms with van der Waals surface area (Å²) in [6.45, 7) is 9.16. The largest absolute Gasteiger partial charge is 0.309 e. The van der Waals surface area contributed by atoms with Crippen LogP contribution in [0.4, 0.5) is 0 Å². The van der Waals surface area contributed by atoms with Crippen LogP contribution in [-0.4, -0.2) is 16.1 Å². The Hall–Kier alpha value is -0.740. The summed E-state index contributed by atoms with van der Waals surface area (Å²) in [4.78, 5) is 1.32. The molecular weight excluding hydrogens is 230 g/mol. The average Bonchev–Trinajstić information content (AvgIpc) is 2.81. The van der Waals surface area contributed by atoms with E-state index in [9.17, 15) is 0 Å². The van der Waals surface area contributed by atoms with E-state index in [1.54, 1.807) is 11.5 Å². The lowest BCUT2D eigenvalue weighted by atomic mass is 10.1. The van der Waals surface area contributed by atoms with E-state index < -0.39 is 0 Å². The summed E-state index contributed by atoms with van der Waals surface area (Å²) < 4.78 is 4.08. The molecule has 1 unspecified atom stereocenters. The van der Waals surface area contributed by atoms with E-state index in [0.717, 1.165) is 37.9 Å². The maximum absolute atomic E-state index is 4.20. The van der Waals surface area contributed by atoms with Crippen molar-refractivity contribution >= 4 is 11.5 Å². The van der Waals surface area contributed by atoms with Crippen LogP contribution in [0.5, 0.6) is 0 Å². The van der Waals surface area contributed by atoms with E-state index in [4.69, 9.17) is 0 Å². The number of hydrogen-bond donors (Lipinski definition) is 1. The summed E-state index contributed by atoms with van der Waals surface area (Å²) in [5, 5.41) is 7.80. The lowest BCUT2D eigenvalue weighted by Gasteiger charge is -2.17. The fourth-order valence-electron chi connectivity index (χ4n) is 1.84. The third kappa shape index (κ3) is 4.56. The van der Waals surface area contributed by atoms with Crippen molar-refractivity contribution in [3.05, 3.63) is 23.2 Å². The van der Waals surface area contributed by atoms with E-state index in [2.05, 4.69) is 35.3 Å². The summed E-state index contributed by atoms with van der Waals surface area (Å²) in [6.07, 6.45) is 7.51. The zero-order valence-electron chi connectivity index (χ0n) is 10.9. The molecule has 0 aliphatic carbocycles. The minimum absolute atomic E-state index is 0.421. The van der Waals surface area contributed by atoms with Gasteiger partial charge < -0.3 is 5.32 Å². The number of aryl methyl sites for hydroxylation is 1. The van der Waals surface area contributed by atoms with Crippen LogP contribution >= 0.6 is 11.5 Å². The van der Waals surface area contributed by atoms with Gasteiger partial charge in [0.2, 0.25) is 0 Å². The van der Waals surface area contributed by atoms with Gasteiger partial charge in [-0.05, 0) is 50.2 Å². The minimum Gasteiger partial charge on any atom is -0.309 e. The minimum atomic E-state index is 0.421. The van der Waals surface area contributed by atoms with Crippen LogP contribution in [0.15, 0.2) is 12.7 Å². The zero-order valence-corrected chi connectivity index (χ0v) is 11.7. The number of nitrogens with zero attached hydrogens (tertiary/aromatic N) is 2. The maximum atomic E-state index is 4.20. The SMILES string of the molecule is C=CCCCC(NCCC)c1snnc1CC. The zero-order chi connectivity index (χ0) is 12.5. The van der Waals surface area contributed by atoms with Gasteiger partial charge in [-0.2, -0.15) is 0 Å². The van der Waals surface area contributed by atoms with Gasteiger partial charge in [-0.15, -0.1) is 11.7 Å². The van der Waals surface area contributed by atoms with Crippen molar-refractivity contribution in [3.63, 3.8) is 0 Å². The summed E-state index contributed by atoms with van der Waals surface area (Å²) in [5.74, 6) is 0. The van der Waals surface area contributed by atoms with Gasteiger partial charge in [0.15, 0.2) is 0 Å². The molecule has 3 nitrogen and oxygen atoms in total. The van der Waals surface area contributed by atoms with Crippen molar-refractivity contribution in [2.45, 2.75) is 52.0 Å². The highest BCUT2D eigenvalue weighted by Crippen LogP contribution is 2.25. The monoisotopic (exact) mass is 253 g/mol. The molecule has 0 radical (unpaired) electrons. The van der Waals surface area contributed by atoms with Crippen molar-refractivity contribution < 1.29 is 0 Å². The Bertz CT molecular complexity index is 322. The highest BCUT2D eigenvalue weighted by atomic mass is 32.1. The molecule has 0 aliphatic rings. The Kier molecular flexibility index (Phi) is 7.05. The number of nitrogens with one attached hydrogen (secondary N) is 1. The molecule has 96 valence electrons. The molecule has 0 bridgehead atoms. The van der Waals surface area contributed by atoms with Crippen LogP contribution in [0.3, 0.4) is 0 Å². The number of unbranched alkanes of at least 4 members (excludes halogenated alkanes) is 1. The van der Waals surface area contributed by atoms with Gasteiger partial charge in [-0.25, -0.2) is 0 Å². The Balaban J connectivity index is 2.63. The van der Waals surface area contributed by atoms with Gasteiger partial charge in [0.1, 0.15) is 0 Å². The van der Waals surface area contributed by atoms with Gasteiger partial charge >= 0.3 is 0 Å². The van der Waals surface area contributed by atoms with Crippen molar-refractivity contribution in [1.29, 1.82) is 0 Å². The van der Waals surface area contributed by atoms with Gasteiger partial charge in [-0.1, -0.05) is 24.4 Å². The van der Waals surface area contributed by atoms with Gasteiger partial charge in [-0.3, -0.25) is 0 Å². The Morgan fingerprint density at radius 3 is 2.94 bits per heavy atom. The molecular formula is C13H23N3S. The van der Waals surface area contributed by atoms with Crippen molar-refractivity contribution in [1.82, 2.24) is 14.9 Å². The number of allylic oxidation sites excluding steroid dienone is 1. The van der Waals surface area contributed by atoms with Crippen LogP contribution in [0.25, 0.3) is 0 Å². The van der Waals surface area contributed by atoms with E-state index >= 15 is 0 Å². The van der Waals surface area contributed by atoms with E-state index in [1.807, 2.05) is 6.08 Å². The molecule has 1 aromatic heterocycles. The fourth-order valence-corrected chi connectivity index (χ4v) is 2.68. The first kappa shape index (κ1) is 14.3. The summed E-state index contributed by atoms with van der Waals surface area (Å²) in [7, 11) is 0. The molecule has 1 heterocycles. The Labute approximate surface area is 108 Å². The van der Waals surface area contributed by atoms with Crippen LogP contribution in [0.1, 0.15) is 56.1 Å². The second-order valence-corrected chi connectivity index (χ2v) is 4.95. The van der Waals surface area contributed by atoms with Crippen molar-refractivity contribution in [2.75, 3.05) is 6.54 Å². The van der Waals surface area contributed by atoms with Crippen LogP contribution in [0, 0.1) is 0 Å². The quantitative estimate of drug-likeness (QED) is 0.540. The van der Waals surface area contributed by atoms with E-state index in [-0.39, 0.29) is 0 Å². The molecule has 17 heavy (non-hydrogen) atoms. The molecule has 0 fully saturated rings. The molecule has 1 aromatic rings. The van der Waals surface area contributed by atoms with Crippen LogP contribution < -0.4 is 5.32 Å². The molecule has 0 amide bonds. The molecule has 0 saturated carbocycles. The lowest BCUT2D eigenvalue weighted by molar-refractivity contribution is 0.489. The standard InChI is InChI=1S/C13H23N3S/c1-4-7-8-9-12(14-10-5-2)13-11(6-3)15-16-17-13/h4,12,14H,1,5-10H2,2-3H3. The molecule has 1 N–H and O–H groups in total. The summed E-state index contributed by atoms with van der Waals surface area (Å²) in [5.41, 5.74) is 1.15. The number of hydrogen-bond acceptors (Lipinski definition) is 4. The highest BCUT2D eigenvalue weighted by molar-refractivity contribution is 7.05. The topological polar surface area (TPSA) is 37.8 Å². The predicted octanol–water partition coefficient (Wildman–Crippen LogP) is 3.50. The molecule has 0 saturated heterocycles. The van der Waals surface area contributed by atoms with Crippen molar-refractivity contribution in [3.8, 4) is 0 Å². The maximum Gasteiger partial charge on any atom is 0.0800 e. The molecule has 1 rings (SSSR count). The van der Waals surface area contributed by atoms with Gasteiger partial charge in [0.05, 0.1) is 10.6 Å². The van der Waals surface area contributed by atoms with Crippen LogP contribution in [-0.2, 0) is 6.42 Å². The summed E-state index contributed by atoms with van der Waals surface area (Å²) >= 11 is 1.54. The molecule has 4 heteroatoms. The summed E-state index contributed by atoms with van der Waals surface area (Å²) in [6, 6.07) is 0.421. The molecule has 1 atom stereocenters. The van der Waals surface area contributed by atoms with Gasteiger partial charge in [0, 0.05) is 6.04 Å². The van der Waals surface area contributed by atoms with E-state index in [0.29, 0.717) is 6.04 Å². The average molecular weight is 253 g/mol. The Morgan fingerprint density at radius 2 is 2.29 bits per heavy atom. The first-order valence-electron chi connectivity index (χ1n) is 6.48. The number of aromatic nitrogens is 2. The first-order chi connectivity index (χ1) is 8.33. The van der Waals surface area contributed by atoms with Crippen molar-refractivity contribution in [2.24, 2.45) is 0 Å². The third-order valence-electron chi connectivity index (χ3n) is 2.78. The normalized spacial score (nSPS) is 12.6. The second-order valence-electron chi connectivity index (χ2n) is 4.16. The fraction of sp³-hybridized carbons (Fsp3) is 0.692. The molecule has 0 aliphatic heterocycles. The molecule has 0 aromatic carbocycles. The third-order valence-corrected chi connectivity index (χ3v) is 3.66. The first-order valence-corrected chi connectivity index (χ1v) is 7.26. The number of rotatable bonds is 9. The smallest absolute Gasteiger partial charge is 0.0800 e. The Morgan fingerprint density at radius 1 is 1.47 bits per heavy atom.